The fraction of sp³-hybridized carbons (Fsp3) is 0.867. The molecule has 0 amide bonds. The van der Waals surface area contributed by atoms with Crippen LogP contribution in [0.15, 0.2) is 23.3 Å². The fourth-order valence-corrected chi connectivity index (χ4v) is 6.59. The molecule has 51 heavy (non-hydrogen) atoms. The predicted molar refractivity (Wildman–Crippen MR) is 218 cm³/mol. The van der Waals surface area contributed by atoms with Crippen LogP contribution in [0.4, 0.5) is 0 Å². The summed E-state index contributed by atoms with van der Waals surface area (Å²) in [5, 5.41) is 9.38. The van der Waals surface area contributed by atoms with E-state index in [4.69, 9.17) is 9.47 Å². The van der Waals surface area contributed by atoms with E-state index in [1.807, 2.05) is 0 Å². The molecule has 6 nitrogen and oxygen atoms in total. The van der Waals surface area contributed by atoms with Crippen molar-refractivity contribution in [2.75, 3.05) is 39.5 Å². The zero-order valence-corrected chi connectivity index (χ0v) is 34.4. The van der Waals surface area contributed by atoms with E-state index in [-0.39, 0.29) is 18.5 Å². The molecule has 0 unspecified atom stereocenters. The van der Waals surface area contributed by atoms with Gasteiger partial charge in [-0.05, 0) is 96.6 Å². The molecule has 0 aliphatic rings. The Hall–Kier alpha value is -1.66. The Kier molecular flexibility index (Phi) is 38.3. The highest BCUT2D eigenvalue weighted by Gasteiger charge is 2.08. The summed E-state index contributed by atoms with van der Waals surface area (Å²) in [6, 6.07) is 0. The molecule has 0 fully saturated rings. The molecule has 1 N–H and O–H groups in total. The second-order valence-electron chi connectivity index (χ2n) is 14.9. The van der Waals surface area contributed by atoms with Gasteiger partial charge in [0.05, 0.1) is 13.2 Å². The van der Waals surface area contributed by atoms with Gasteiger partial charge in [-0.15, -0.1) is 0 Å². The summed E-state index contributed by atoms with van der Waals surface area (Å²) in [4.78, 5) is 27.4. The average molecular weight is 720 g/mol. The number of aliphatic hydroxyl groups is 1. The molecule has 0 bridgehead atoms. The number of carbonyl (C=O) groups excluding carboxylic acids is 2. The molecular weight excluding hydrogens is 634 g/mol. The summed E-state index contributed by atoms with van der Waals surface area (Å²) in [5.41, 5.74) is 2.53. The number of hydrogen-bond acceptors (Lipinski definition) is 6. The highest BCUT2D eigenvalue weighted by atomic mass is 16.5. The lowest BCUT2D eigenvalue weighted by atomic mass is 10.0. The van der Waals surface area contributed by atoms with Crippen molar-refractivity contribution in [2.45, 2.75) is 214 Å². The van der Waals surface area contributed by atoms with Crippen LogP contribution in [0.5, 0.6) is 0 Å². The van der Waals surface area contributed by atoms with Gasteiger partial charge in [0.1, 0.15) is 0 Å². The molecule has 0 aromatic heterocycles. The third-order valence-electron chi connectivity index (χ3n) is 9.91. The van der Waals surface area contributed by atoms with Crippen LogP contribution < -0.4 is 0 Å². The van der Waals surface area contributed by atoms with Crippen molar-refractivity contribution in [3.05, 3.63) is 23.3 Å². The number of unbranched alkanes of at least 4 members (excludes halogenated alkanes) is 18. The molecule has 0 aliphatic heterocycles. The van der Waals surface area contributed by atoms with E-state index in [2.05, 4.69) is 32.6 Å². The maximum atomic E-state index is 12.5. The molecule has 0 rings (SSSR count). The molecule has 300 valence electrons. The van der Waals surface area contributed by atoms with E-state index in [9.17, 15) is 14.7 Å². The summed E-state index contributed by atoms with van der Waals surface area (Å²) in [6.45, 7) is 13.2. The van der Waals surface area contributed by atoms with Crippen LogP contribution in [0.25, 0.3) is 0 Å². The van der Waals surface area contributed by atoms with E-state index < -0.39 is 0 Å². The number of nitrogens with zero attached hydrogens (tertiary/aromatic N) is 1. The third-order valence-corrected chi connectivity index (χ3v) is 9.91. The highest BCUT2D eigenvalue weighted by molar-refractivity contribution is 5.83. The van der Waals surface area contributed by atoms with Gasteiger partial charge in [0.2, 0.25) is 0 Å². The summed E-state index contributed by atoms with van der Waals surface area (Å²) in [6.07, 6.45) is 36.8. The highest BCUT2D eigenvalue weighted by Crippen LogP contribution is 2.19. The Morgan fingerprint density at radius 3 is 1.18 bits per heavy atom. The molecule has 0 spiro atoms. The fourth-order valence-electron chi connectivity index (χ4n) is 6.59. The van der Waals surface area contributed by atoms with Gasteiger partial charge in [-0.25, -0.2) is 9.59 Å². The Morgan fingerprint density at radius 2 is 0.765 bits per heavy atom. The van der Waals surface area contributed by atoms with Crippen LogP contribution in [0, 0.1) is 0 Å². The zero-order chi connectivity index (χ0) is 37.5. The maximum absolute atomic E-state index is 12.5. The second-order valence-corrected chi connectivity index (χ2v) is 14.9. The molecule has 0 atom stereocenters. The minimum atomic E-state index is -0.160. The molecule has 0 radical (unpaired) electrons. The van der Waals surface area contributed by atoms with Crippen LogP contribution in [-0.4, -0.2) is 61.4 Å². The van der Waals surface area contributed by atoms with Gasteiger partial charge in [0.25, 0.3) is 0 Å². The lowest BCUT2D eigenvalue weighted by Gasteiger charge is -2.22. The summed E-state index contributed by atoms with van der Waals surface area (Å²) >= 11 is 0. The summed E-state index contributed by atoms with van der Waals surface area (Å²) < 4.78 is 11.1. The summed E-state index contributed by atoms with van der Waals surface area (Å²) in [7, 11) is 0. The first-order chi connectivity index (χ1) is 25.0. The Morgan fingerprint density at radius 1 is 0.431 bits per heavy atom. The predicted octanol–water partition coefficient (Wildman–Crippen LogP) is 12.6. The standard InChI is InChI=1S/C45H85NO5/c1-5-9-13-15-17-23-32-42(30-11-7-3)40-44(48)50-38-27-21-19-25-34-46(36-29-37-47)35-26-20-22-28-39-51-45(49)41-43(31-12-8-4)33-24-18-16-14-10-6-2/h40-41,47H,5-39H2,1-4H3/b42-40+,43-41+. The number of aliphatic hydroxyl groups excluding tert-OH is 1. The first kappa shape index (κ1) is 49.3. The van der Waals surface area contributed by atoms with Gasteiger partial charge in [-0.3, -0.25) is 0 Å². The van der Waals surface area contributed by atoms with Crippen molar-refractivity contribution in [3.63, 3.8) is 0 Å². The zero-order valence-electron chi connectivity index (χ0n) is 34.4. The molecule has 6 heteroatoms. The Bertz CT molecular complexity index is 774. The second kappa shape index (κ2) is 39.5. The molecule has 0 heterocycles. The number of hydrogen-bond donors (Lipinski definition) is 1. The van der Waals surface area contributed by atoms with E-state index in [1.165, 1.54) is 88.2 Å². The number of allylic oxidation sites excluding steroid dienone is 2. The first-order valence-electron chi connectivity index (χ1n) is 22.1. The first-order valence-corrected chi connectivity index (χ1v) is 22.1. The Labute approximate surface area is 317 Å². The SMILES string of the molecule is CCCCCCCC/C(=C/C(=O)OCCCCCCN(CCCO)CCCCCCOC(=O)/C=C(\CCCC)CCCCCCCC)CCCC. The van der Waals surface area contributed by atoms with Crippen LogP contribution in [0.1, 0.15) is 214 Å². The quantitative estimate of drug-likeness (QED) is 0.0387. The minimum absolute atomic E-state index is 0.160. The lowest BCUT2D eigenvalue weighted by Crippen LogP contribution is -2.28. The van der Waals surface area contributed by atoms with Crippen molar-refractivity contribution in [1.29, 1.82) is 0 Å². The van der Waals surface area contributed by atoms with Crippen LogP contribution in [0.2, 0.25) is 0 Å². The van der Waals surface area contributed by atoms with Gasteiger partial charge in [0, 0.05) is 25.3 Å². The van der Waals surface area contributed by atoms with E-state index in [0.29, 0.717) is 13.2 Å². The topological polar surface area (TPSA) is 76.1 Å². The van der Waals surface area contributed by atoms with Crippen LogP contribution in [0.3, 0.4) is 0 Å². The molecule has 0 aromatic carbocycles. The lowest BCUT2D eigenvalue weighted by molar-refractivity contribution is -0.138. The number of esters is 2. The number of ether oxygens (including phenoxy) is 2. The largest absolute Gasteiger partial charge is 0.463 e. The molecule has 0 saturated heterocycles. The normalized spacial score (nSPS) is 12.2. The van der Waals surface area contributed by atoms with Gasteiger partial charge in [-0.2, -0.15) is 0 Å². The van der Waals surface area contributed by atoms with Gasteiger partial charge in [0.15, 0.2) is 0 Å². The molecule has 0 saturated carbocycles. The van der Waals surface area contributed by atoms with Crippen molar-refractivity contribution in [3.8, 4) is 0 Å². The molecule has 0 aliphatic carbocycles. The third kappa shape index (κ3) is 35.2. The van der Waals surface area contributed by atoms with E-state index in [1.54, 1.807) is 12.2 Å². The van der Waals surface area contributed by atoms with Gasteiger partial charge < -0.3 is 19.5 Å². The minimum Gasteiger partial charge on any atom is -0.463 e. The molecule has 0 aromatic rings. The van der Waals surface area contributed by atoms with Crippen molar-refractivity contribution in [1.82, 2.24) is 4.90 Å². The smallest absolute Gasteiger partial charge is 0.330 e. The van der Waals surface area contributed by atoms with E-state index in [0.717, 1.165) is 129 Å². The number of rotatable bonds is 39. The maximum Gasteiger partial charge on any atom is 0.330 e. The average Bonchev–Trinajstić information content (AvgIpc) is 3.13. The van der Waals surface area contributed by atoms with Crippen molar-refractivity contribution < 1.29 is 24.2 Å². The van der Waals surface area contributed by atoms with Gasteiger partial charge in [-0.1, -0.05) is 142 Å². The van der Waals surface area contributed by atoms with Crippen molar-refractivity contribution in [2.24, 2.45) is 0 Å². The Balaban J connectivity index is 4.21. The van der Waals surface area contributed by atoms with E-state index >= 15 is 0 Å². The molecular formula is C45H85NO5. The van der Waals surface area contributed by atoms with Crippen molar-refractivity contribution >= 4 is 11.9 Å². The van der Waals surface area contributed by atoms with Crippen LogP contribution in [-0.2, 0) is 19.1 Å². The number of carbonyl (C=O) groups is 2. The van der Waals surface area contributed by atoms with Gasteiger partial charge >= 0.3 is 11.9 Å². The van der Waals surface area contributed by atoms with Crippen LogP contribution >= 0.6 is 0 Å². The monoisotopic (exact) mass is 720 g/mol. The summed E-state index contributed by atoms with van der Waals surface area (Å²) in [5.74, 6) is -0.319.